The summed E-state index contributed by atoms with van der Waals surface area (Å²) < 4.78 is 31.9. The zero-order valence-electron chi connectivity index (χ0n) is 14.6. The first-order valence-corrected chi connectivity index (χ1v) is 10.7. The molecule has 136 valence electrons. The highest BCUT2D eigenvalue weighted by Gasteiger charge is 2.36. The fourth-order valence-corrected chi connectivity index (χ4v) is 5.79. The molecular formula is C17H22N2O4S2. The van der Waals surface area contributed by atoms with Gasteiger partial charge in [-0.15, -0.1) is 11.3 Å². The van der Waals surface area contributed by atoms with Crippen molar-refractivity contribution in [1.29, 1.82) is 0 Å². The molecule has 0 N–H and O–H groups in total. The van der Waals surface area contributed by atoms with Crippen LogP contribution in [0.2, 0.25) is 0 Å². The fraction of sp³-hybridized carbons (Fsp3) is 0.529. The molecule has 1 unspecified atom stereocenters. The number of sulfone groups is 1. The fourth-order valence-electron chi connectivity index (χ4n) is 2.88. The largest absolute Gasteiger partial charge is 0.444 e. The van der Waals surface area contributed by atoms with Crippen LogP contribution in [-0.4, -0.2) is 48.3 Å². The molecule has 1 saturated heterocycles. The monoisotopic (exact) mass is 382 g/mol. The number of para-hydroxylation sites is 1. The van der Waals surface area contributed by atoms with E-state index >= 15 is 0 Å². The summed E-state index contributed by atoms with van der Waals surface area (Å²) in [7, 11) is -3.56. The van der Waals surface area contributed by atoms with Crippen LogP contribution < -0.4 is 0 Å². The van der Waals surface area contributed by atoms with Gasteiger partial charge < -0.3 is 9.64 Å². The molecular weight excluding hydrogens is 360 g/mol. The summed E-state index contributed by atoms with van der Waals surface area (Å²) in [4.78, 5) is 18.1. The number of aromatic nitrogens is 1. The zero-order chi connectivity index (χ0) is 18.2. The Labute approximate surface area is 151 Å². The number of likely N-dealkylation sites (tertiary alicyclic amines) is 1. The number of hydrogen-bond donors (Lipinski definition) is 0. The van der Waals surface area contributed by atoms with Crippen molar-refractivity contribution < 1.29 is 17.9 Å². The lowest BCUT2D eigenvalue weighted by Crippen LogP contribution is -2.42. The summed E-state index contributed by atoms with van der Waals surface area (Å²) in [5.74, 6) is -0.119. The molecule has 0 aliphatic carbocycles. The lowest BCUT2D eigenvalue weighted by Gasteiger charge is -2.28. The van der Waals surface area contributed by atoms with Crippen molar-refractivity contribution in [3.8, 4) is 0 Å². The molecule has 8 heteroatoms. The van der Waals surface area contributed by atoms with Gasteiger partial charge in [-0.1, -0.05) is 12.1 Å². The first kappa shape index (κ1) is 18.1. The highest BCUT2D eigenvalue weighted by Crippen LogP contribution is 2.29. The minimum atomic E-state index is -3.56. The summed E-state index contributed by atoms with van der Waals surface area (Å²) in [5.41, 5.74) is 0.0809. The van der Waals surface area contributed by atoms with Gasteiger partial charge in [-0.25, -0.2) is 18.2 Å². The van der Waals surface area contributed by atoms with E-state index in [4.69, 9.17) is 4.74 Å². The van der Waals surface area contributed by atoms with E-state index in [1.165, 1.54) is 16.2 Å². The number of hydrogen-bond acceptors (Lipinski definition) is 6. The predicted octanol–water partition coefficient (Wildman–Crippen LogP) is 3.47. The van der Waals surface area contributed by atoms with Crippen LogP contribution in [0.15, 0.2) is 28.6 Å². The van der Waals surface area contributed by atoms with E-state index in [1.807, 2.05) is 18.2 Å². The molecule has 25 heavy (non-hydrogen) atoms. The van der Waals surface area contributed by atoms with E-state index in [-0.39, 0.29) is 16.1 Å². The topological polar surface area (TPSA) is 76.6 Å². The van der Waals surface area contributed by atoms with Gasteiger partial charge >= 0.3 is 6.09 Å². The lowest BCUT2D eigenvalue weighted by molar-refractivity contribution is 0.0241. The molecule has 1 amide bonds. The van der Waals surface area contributed by atoms with E-state index in [0.717, 1.165) is 11.1 Å². The van der Waals surface area contributed by atoms with E-state index in [2.05, 4.69) is 4.98 Å². The van der Waals surface area contributed by atoms with Crippen molar-refractivity contribution in [2.45, 2.75) is 49.6 Å². The number of carbonyl (C=O) groups excluding carboxylic acids is 1. The third-order valence-corrected chi connectivity index (χ3v) is 7.25. The Morgan fingerprint density at radius 1 is 1.36 bits per heavy atom. The molecule has 1 aromatic heterocycles. The average molecular weight is 383 g/mol. The van der Waals surface area contributed by atoms with Gasteiger partial charge in [0, 0.05) is 12.6 Å². The molecule has 1 fully saturated rings. The Balaban J connectivity index is 1.78. The average Bonchev–Trinajstić information content (AvgIpc) is 3.11. The second-order valence-electron chi connectivity index (χ2n) is 7.20. The number of thiazole rings is 1. The standard InChI is InChI=1S/C17H22N2O4S2/c1-17(2,3)23-16(20)19-10-6-7-12(19)11-25(21,22)15-18-13-8-4-5-9-14(13)24-15/h4-5,8-9,12H,6-7,10-11H2,1-3H3. The van der Waals surface area contributed by atoms with Gasteiger partial charge in [0.25, 0.3) is 0 Å². The Morgan fingerprint density at radius 3 is 2.76 bits per heavy atom. The van der Waals surface area contributed by atoms with Crippen LogP contribution >= 0.6 is 11.3 Å². The Hall–Kier alpha value is -1.67. The third-order valence-electron chi connectivity index (χ3n) is 3.96. The normalized spacial score (nSPS) is 18.7. The van der Waals surface area contributed by atoms with Crippen LogP contribution in [0.25, 0.3) is 10.2 Å². The number of carbonyl (C=O) groups is 1. The van der Waals surface area contributed by atoms with Crippen molar-refractivity contribution in [2.75, 3.05) is 12.3 Å². The van der Waals surface area contributed by atoms with E-state index in [0.29, 0.717) is 18.5 Å². The van der Waals surface area contributed by atoms with Gasteiger partial charge in [0.15, 0.2) is 0 Å². The first-order chi connectivity index (χ1) is 11.7. The number of fused-ring (bicyclic) bond motifs is 1. The Morgan fingerprint density at radius 2 is 2.08 bits per heavy atom. The number of nitrogens with zero attached hydrogens (tertiary/aromatic N) is 2. The van der Waals surface area contributed by atoms with Gasteiger partial charge in [0.1, 0.15) is 5.60 Å². The predicted molar refractivity (Wildman–Crippen MR) is 97.6 cm³/mol. The van der Waals surface area contributed by atoms with Crippen molar-refractivity contribution in [2.24, 2.45) is 0 Å². The zero-order valence-corrected chi connectivity index (χ0v) is 16.2. The molecule has 1 aromatic carbocycles. The second kappa shape index (κ2) is 6.57. The van der Waals surface area contributed by atoms with E-state index in [9.17, 15) is 13.2 Å². The molecule has 6 nitrogen and oxygen atoms in total. The van der Waals surface area contributed by atoms with Crippen molar-refractivity contribution >= 4 is 37.5 Å². The molecule has 0 bridgehead atoms. The minimum absolute atomic E-state index is 0.115. The molecule has 1 atom stereocenters. The van der Waals surface area contributed by atoms with Gasteiger partial charge in [0.2, 0.25) is 14.2 Å². The molecule has 0 radical (unpaired) electrons. The van der Waals surface area contributed by atoms with Crippen LogP contribution in [0.3, 0.4) is 0 Å². The summed E-state index contributed by atoms with van der Waals surface area (Å²) in [6, 6.07) is 6.98. The molecule has 3 rings (SSSR count). The second-order valence-corrected chi connectivity index (χ2v) is 10.4. The summed E-state index contributed by atoms with van der Waals surface area (Å²) in [6.45, 7) is 5.92. The van der Waals surface area contributed by atoms with Crippen molar-refractivity contribution in [3.05, 3.63) is 24.3 Å². The molecule has 1 aliphatic rings. The van der Waals surface area contributed by atoms with Gasteiger partial charge in [-0.3, -0.25) is 0 Å². The number of rotatable bonds is 3. The molecule has 0 spiro atoms. The highest BCUT2D eigenvalue weighted by molar-refractivity contribution is 7.93. The molecule has 0 saturated carbocycles. The summed E-state index contributed by atoms with van der Waals surface area (Å²) in [6.07, 6.45) is 0.984. The first-order valence-electron chi connectivity index (χ1n) is 8.24. The molecule has 2 aromatic rings. The number of benzene rings is 1. The summed E-state index contributed by atoms with van der Waals surface area (Å²) in [5, 5.41) is 0. The van der Waals surface area contributed by atoms with E-state index in [1.54, 1.807) is 26.8 Å². The smallest absolute Gasteiger partial charge is 0.410 e. The summed E-state index contributed by atoms with van der Waals surface area (Å²) >= 11 is 1.17. The van der Waals surface area contributed by atoms with Gasteiger partial charge in [-0.2, -0.15) is 0 Å². The van der Waals surface area contributed by atoms with Crippen LogP contribution in [0.5, 0.6) is 0 Å². The lowest BCUT2D eigenvalue weighted by atomic mass is 10.2. The van der Waals surface area contributed by atoms with Crippen molar-refractivity contribution in [3.63, 3.8) is 0 Å². The van der Waals surface area contributed by atoms with Crippen LogP contribution in [0, 0.1) is 0 Å². The number of amides is 1. The van der Waals surface area contributed by atoms with E-state index < -0.39 is 21.5 Å². The Bertz CT molecular complexity index is 850. The molecule has 1 aliphatic heterocycles. The highest BCUT2D eigenvalue weighted by atomic mass is 32.2. The maximum absolute atomic E-state index is 12.8. The quantitative estimate of drug-likeness (QED) is 0.812. The van der Waals surface area contributed by atoms with Crippen LogP contribution in [0.4, 0.5) is 4.79 Å². The van der Waals surface area contributed by atoms with Gasteiger partial charge in [0.05, 0.1) is 16.0 Å². The maximum Gasteiger partial charge on any atom is 0.410 e. The minimum Gasteiger partial charge on any atom is -0.444 e. The molecule has 2 heterocycles. The van der Waals surface area contributed by atoms with Gasteiger partial charge in [-0.05, 0) is 45.7 Å². The number of ether oxygens (including phenoxy) is 1. The van der Waals surface area contributed by atoms with Crippen LogP contribution in [-0.2, 0) is 14.6 Å². The maximum atomic E-state index is 12.8. The Kier molecular flexibility index (Phi) is 4.76. The SMILES string of the molecule is CC(C)(C)OC(=O)N1CCCC1CS(=O)(=O)c1nc2ccccc2s1. The third kappa shape index (κ3) is 4.12. The van der Waals surface area contributed by atoms with Crippen LogP contribution in [0.1, 0.15) is 33.6 Å². The van der Waals surface area contributed by atoms with Crippen molar-refractivity contribution in [1.82, 2.24) is 9.88 Å².